The van der Waals surface area contributed by atoms with Crippen LogP contribution in [-0.2, 0) is 45.0 Å². The SMILES string of the molecule is CCN(C(=O)Nc1ccc(-c2nc3c(c(N4CCOCC4)n2)COCC3)cc1)N(CC)C(=O)Nc1ccc(-c2nc3c(c(N4CCOCC4C)n2)COCC3)cc1. The third-order valence-electron chi connectivity index (χ3n) is 10.7. The van der Waals surface area contributed by atoms with E-state index in [2.05, 4.69) is 27.4 Å². The third kappa shape index (κ3) is 8.35. The van der Waals surface area contributed by atoms with Crippen LogP contribution in [0.15, 0.2) is 48.5 Å². The van der Waals surface area contributed by atoms with Gasteiger partial charge in [0.2, 0.25) is 0 Å². The van der Waals surface area contributed by atoms with Crippen LogP contribution in [0.5, 0.6) is 0 Å². The zero-order chi connectivity index (χ0) is 39.3. The fourth-order valence-electron chi connectivity index (χ4n) is 7.63. The van der Waals surface area contributed by atoms with Gasteiger partial charge in [-0.25, -0.2) is 39.5 Å². The van der Waals surface area contributed by atoms with E-state index in [0.29, 0.717) is 75.9 Å². The summed E-state index contributed by atoms with van der Waals surface area (Å²) in [5.74, 6) is 3.05. The molecule has 4 aliphatic rings. The number of benzene rings is 2. The number of amides is 4. The second-order valence-corrected chi connectivity index (χ2v) is 14.4. The van der Waals surface area contributed by atoms with Crippen LogP contribution < -0.4 is 20.4 Å². The monoisotopic (exact) mass is 778 g/mol. The molecule has 6 heterocycles. The van der Waals surface area contributed by atoms with Gasteiger partial charge in [0.15, 0.2) is 11.6 Å². The van der Waals surface area contributed by atoms with E-state index in [-0.39, 0.29) is 19.1 Å². The van der Waals surface area contributed by atoms with Crippen molar-refractivity contribution in [1.82, 2.24) is 30.0 Å². The lowest BCUT2D eigenvalue weighted by Gasteiger charge is -2.36. The first-order valence-corrected chi connectivity index (χ1v) is 19.9. The minimum Gasteiger partial charge on any atom is -0.378 e. The normalized spacial score (nSPS) is 18.0. The number of nitrogens with one attached hydrogen (secondary N) is 2. The number of aromatic nitrogens is 4. The minimum absolute atomic E-state index is 0.183. The predicted octanol–water partition coefficient (Wildman–Crippen LogP) is 5.13. The van der Waals surface area contributed by atoms with Crippen LogP contribution in [0.1, 0.15) is 43.3 Å². The zero-order valence-electron chi connectivity index (χ0n) is 32.8. The fraction of sp³-hybridized carbons (Fsp3) is 0.463. The summed E-state index contributed by atoms with van der Waals surface area (Å²) in [5.41, 5.74) is 6.92. The molecule has 8 rings (SSSR count). The highest BCUT2D eigenvalue weighted by Gasteiger charge is 2.29. The van der Waals surface area contributed by atoms with E-state index in [1.54, 1.807) is 0 Å². The number of urea groups is 2. The van der Waals surface area contributed by atoms with Crippen molar-refractivity contribution in [2.75, 3.05) is 92.8 Å². The molecule has 1 unspecified atom stereocenters. The molecule has 4 aromatic rings. The van der Waals surface area contributed by atoms with Crippen molar-refractivity contribution in [3.8, 4) is 22.8 Å². The largest absolute Gasteiger partial charge is 0.378 e. The molecular weight excluding hydrogens is 729 g/mol. The highest BCUT2D eigenvalue weighted by atomic mass is 16.5. The van der Waals surface area contributed by atoms with Crippen molar-refractivity contribution >= 4 is 35.1 Å². The van der Waals surface area contributed by atoms with Gasteiger partial charge in [-0.3, -0.25) is 0 Å². The van der Waals surface area contributed by atoms with Crippen molar-refractivity contribution in [1.29, 1.82) is 0 Å². The van der Waals surface area contributed by atoms with E-state index < -0.39 is 12.1 Å². The van der Waals surface area contributed by atoms with Gasteiger partial charge in [-0.15, -0.1) is 0 Å². The van der Waals surface area contributed by atoms with Crippen LogP contribution in [0.4, 0.5) is 32.6 Å². The Bertz CT molecular complexity index is 2060. The molecule has 16 nitrogen and oxygen atoms in total. The highest BCUT2D eigenvalue weighted by molar-refractivity contribution is 5.94. The molecule has 1 atom stereocenters. The number of carbonyl (C=O) groups is 2. The molecule has 2 aromatic carbocycles. The first kappa shape index (κ1) is 38.5. The smallest absolute Gasteiger partial charge is 0.340 e. The van der Waals surface area contributed by atoms with Gasteiger partial charge in [0.25, 0.3) is 0 Å². The van der Waals surface area contributed by atoms with Crippen LogP contribution in [0, 0.1) is 0 Å². The molecule has 4 aliphatic heterocycles. The van der Waals surface area contributed by atoms with Gasteiger partial charge < -0.3 is 39.4 Å². The molecule has 2 N–H and O–H groups in total. The Morgan fingerprint density at radius 2 is 1.14 bits per heavy atom. The summed E-state index contributed by atoms with van der Waals surface area (Å²) in [6.07, 6.45) is 1.45. The lowest BCUT2D eigenvalue weighted by molar-refractivity contribution is 0.0679. The van der Waals surface area contributed by atoms with E-state index in [9.17, 15) is 9.59 Å². The number of hydrazine groups is 1. The number of anilines is 4. The number of carbonyl (C=O) groups excluding carboxylic acids is 2. The Morgan fingerprint density at radius 3 is 1.65 bits per heavy atom. The van der Waals surface area contributed by atoms with Gasteiger partial charge in [0, 0.05) is 79.2 Å². The zero-order valence-corrected chi connectivity index (χ0v) is 32.8. The van der Waals surface area contributed by atoms with E-state index >= 15 is 0 Å². The second kappa shape index (κ2) is 17.4. The number of hydrogen-bond donors (Lipinski definition) is 2. The maximum atomic E-state index is 13.6. The highest BCUT2D eigenvalue weighted by Crippen LogP contribution is 2.32. The maximum Gasteiger partial charge on any atom is 0.340 e. The van der Waals surface area contributed by atoms with Gasteiger partial charge in [-0.1, -0.05) is 0 Å². The van der Waals surface area contributed by atoms with Crippen LogP contribution in [0.25, 0.3) is 22.8 Å². The topological polar surface area (TPSA) is 160 Å². The van der Waals surface area contributed by atoms with Crippen molar-refractivity contribution in [2.45, 2.75) is 52.9 Å². The number of ether oxygens (including phenoxy) is 4. The molecular formula is C41H50N10O6. The van der Waals surface area contributed by atoms with Crippen molar-refractivity contribution in [3.63, 3.8) is 0 Å². The molecule has 0 bridgehead atoms. The number of nitrogens with zero attached hydrogens (tertiary/aromatic N) is 8. The average molecular weight is 779 g/mol. The van der Waals surface area contributed by atoms with Crippen LogP contribution in [0.2, 0.25) is 0 Å². The molecule has 0 spiro atoms. The molecule has 300 valence electrons. The lowest BCUT2D eigenvalue weighted by Crippen LogP contribution is -2.52. The minimum atomic E-state index is -0.433. The first-order chi connectivity index (χ1) is 27.9. The van der Waals surface area contributed by atoms with Crippen LogP contribution in [0.3, 0.4) is 0 Å². The number of rotatable bonds is 8. The molecule has 2 fully saturated rings. The number of hydrogen-bond acceptors (Lipinski definition) is 12. The van der Waals surface area contributed by atoms with Crippen molar-refractivity contribution < 1.29 is 28.5 Å². The third-order valence-corrected chi connectivity index (χ3v) is 10.7. The Kier molecular flexibility index (Phi) is 11.7. The van der Waals surface area contributed by atoms with Gasteiger partial charge in [0.1, 0.15) is 11.6 Å². The standard InChI is InChI=1S/C41H50N10O6/c1-4-50(40(52)42-30-10-6-28(7-11-30)36-44-34-14-19-55-25-32(34)38(46-36)48-16-21-54-22-17-48)51(5-2)41(53)43-31-12-8-29(9-13-31)37-45-35-15-20-56-26-33(35)39(47-37)49-18-23-57-24-27(49)3/h6-13,27H,4-5,14-26H2,1-3H3,(H,42,52)(H,43,53). The summed E-state index contributed by atoms with van der Waals surface area (Å²) in [6, 6.07) is 14.2. The van der Waals surface area contributed by atoms with Crippen molar-refractivity contribution in [3.05, 3.63) is 71.0 Å². The summed E-state index contributed by atoms with van der Waals surface area (Å²) >= 11 is 0. The fourth-order valence-corrected chi connectivity index (χ4v) is 7.63. The van der Waals surface area contributed by atoms with Gasteiger partial charge in [-0.2, -0.15) is 0 Å². The molecule has 0 aliphatic carbocycles. The molecule has 0 radical (unpaired) electrons. The summed E-state index contributed by atoms with van der Waals surface area (Å²) in [4.78, 5) is 51.6. The quantitative estimate of drug-likeness (QED) is 0.228. The van der Waals surface area contributed by atoms with E-state index in [1.807, 2.05) is 62.4 Å². The molecule has 16 heteroatoms. The first-order valence-electron chi connectivity index (χ1n) is 19.9. The van der Waals surface area contributed by atoms with E-state index in [0.717, 1.165) is 77.8 Å². The Labute approximate surface area is 332 Å². The number of fused-ring (bicyclic) bond motifs is 2. The Balaban J connectivity index is 0.931. The maximum absolute atomic E-state index is 13.6. The van der Waals surface area contributed by atoms with Crippen LogP contribution >= 0.6 is 0 Å². The predicted molar refractivity (Wildman–Crippen MR) is 215 cm³/mol. The Morgan fingerprint density at radius 1 is 0.649 bits per heavy atom. The van der Waals surface area contributed by atoms with E-state index in [1.165, 1.54) is 10.0 Å². The summed E-state index contributed by atoms with van der Waals surface area (Å²) < 4.78 is 22.8. The molecule has 0 saturated carbocycles. The van der Waals surface area contributed by atoms with Crippen molar-refractivity contribution in [2.24, 2.45) is 0 Å². The molecule has 57 heavy (non-hydrogen) atoms. The van der Waals surface area contributed by atoms with E-state index in [4.69, 9.17) is 38.9 Å². The van der Waals surface area contributed by atoms with Crippen LogP contribution in [-0.4, -0.2) is 120 Å². The average Bonchev–Trinajstić information content (AvgIpc) is 3.25. The summed E-state index contributed by atoms with van der Waals surface area (Å²) in [7, 11) is 0. The van der Waals surface area contributed by atoms with Gasteiger partial charge in [-0.05, 0) is 69.3 Å². The summed E-state index contributed by atoms with van der Waals surface area (Å²) in [6.45, 7) is 13.4. The molecule has 4 amide bonds. The Hall–Kier alpha value is -5.42. The summed E-state index contributed by atoms with van der Waals surface area (Å²) in [5, 5.41) is 8.68. The second-order valence-electron chi connectivity index (χ2n) is 14.4. The lowest BCUT2D eigenvalue weighted by atomic mass is 10.1. The molecule has 2 saturated heterocycles. The molecule has 2 aromatic heterocycles. The van der Waals surface area contributed by atoms with Gasteiger partial charge >= 0.3 is 12.1 Å². The number of morpholine rings is 2. The van der Waals surface area contributed by atoms with Gasteiger partial charge in [0.05, 0.1) is 70.3 Å².